The summed E-state index contributed by atoms with van der Waals surface area (Å²) in [5.74, 6) is -0.599. The van der Waals surface area contributed by atoms with Gasteiger partial charge in [-0.05, 0) is 48.7 Å². The van der Waals surface area contributed by atoms with Crippen molar-refractivity contribution in [2.75, 3.05) is 26.2 Å². The molecule has 2 amide bonds. The molecule has 0 unspecified atom stereocenters. The van der Waals surface area contributed by atoms with Crippen LogP contribution in [0, 0.1) is 13.8 Å². The Balaban J connectivity index is 1.47. The second-order valence-electron chi connectivity index (χ2n) is 8.69. The van der Waals surface area contributed by atoms with Crippen molar-refractivity contribution in [3.05, 3.63) is 89.4 Å². The second-order valence-corrected chi connectivity index (χ2v) is 10.6. The topological polar surface area (TPSA) is 99.9 Å². The number of piperazine rings is 1. The Morgan fingerprint density at radius 3 is 2.34 bits per heavy atom. The summed E-state index contributed by atoms with van der Waals surface area (Å²) < 4.78 is 33.1. The van der Waals surface area contributed by atoms with Gasteiger partial charge in [0.25, 0.3) is 5.91 Å². The van der Waals surface area contributed by atoms with E-state index in [4.69, 9.17) is 4.42 Å². The summed E-state index contributed by atoms with van der Waals surface area (Å²) in [7, 11) is -3.67. The zero-order valence-corrected chi connectivity index (χ0v) is 20.6. The molecule has 3 aromatic rings. The summed E-state index contributed by atoms with van der Waals surface area (Å²) in [6, 6.07) is 17.1. The predicted molar refractivity (Wildman–Crippen MR) is 131 cm³/mol. The molecule has 184 valence electrons. The SMILES string of the molecule is Cc1ccc(C)c(S(=O)(=O)N2CCN(C(=O)[C@H](Cc3ccccc3)NC(=O)c3ccco3)CC2)c1. The van der Waals surface area contributed by atoms with Crippen molar-refractivity contribution in [3.63, 3.8) is 0 Å². The summed E-state index contributed by atoms with van der Waals surface area (Å²) in [6.07, 6.45) is 1.71. The van der Waals surface area contributed by atoms with Crippen LogP contribution in [0.15, 0.2) is 76.2 Å². The number of rotatable bonds is 7. The number of nitrogens with one attached hydrogen (secondary N) is 1. The Kier molecular flexibility index (Phi) is 7.37. The van der Waals surface area contributed by atoms with Crippen molar-refractivity contribution >= 4 is 21.8 Å². The molecule has 9 heteroatoms. The fourth-order valence-corrected chi connectivity index (χ4v) is 5.91. The molecule has 0 bridgehead atoms. The van der Waals surface area contributed by atoms with Crippen molar-refractivity contribution < 1.29 is 22.4 Å². The molecule has 1 N–H and O–H groups in total. The molecular formula is C26H29N3O5S. The third kappa shape index (κ3) is 5.63. The normalized spacial score (nSPS) is 15.5. The number of nitrogens with zero attached hydrogens (tertiary/aromatic N) is 2. The molecule has 35 heavy (non-hydrogen) atoms. The van der Waals surface area contributed by atoms with Crippen LogP contribution in [-0.4, -0.2) is 61.7 Å². The van der Waals surface area contributed by atoms with Crippen LogP contribution in [0.4, 0.5) is 0 Å². The molecule has 1 aliphatic rings. The molecule has 8 nitrogen and oxygen atoms in total. The number of carbonyl (C=O) groups is 2. The minimum Gasteiger partial charge on any atom is -0.459 e. The minimum atomic E-state index is -3.67. The molecule has 0 spiro atoms. The van der Waals surface area contributed by atoms with Gasteiger partial charge in [-0.15, -0.1) is 0 Å². The zero-order valence-electron chi connectivity index (χ0n) is 19.8. The molecule has 2 heterocycles. The summed E-state index contributed by atoms with van der Waals surface area (Å²) >= 11 is 0. The van der Waals surface area contributed by atoms with Crippen LogP contribution in [0.2, 0.25) is 0 Å². The van der Waals surface area contributed by atoms with Gasteiger partial charge in [-0.1, -0.05) is 42.5 Å². The van der Waals surface area contributed by atoms with Gasteiger partial charge in [0, 0.05) is 32.6 Å². The van der Waals surface area contributed by atoms with Gasteiger partial charge in [0.15, 0.2) is 5.76 Å². The Morgan fingerprint density at radius 1 is 0.971 bits per heavy atom. The number of aryl methyl sites for hydroxylation is 2. The molecule has 0 aliphatic carbocycles. The van der Waals surface area contributed by atoms with Crippen molar-refractivity contribution in [1.82, 2.24) is 14.5 Å². The van der Waals surface area contributed by atoms with E-state index in [0.29, 0.717) is 16.9 Å². The van der Waals surface area contributed by atoms with Gasteiger partial charge in [0.2, 0.25) is 15.9 Å². The maximum absolute atomic E-state index is 13.4. The first kappa shape index (κ1) is 24.7. The Hall–Kier alpha value is -3.43. The van der Waals surface area contributed by atoms with Crippen LogP contribution in [0.25, 0.3) is 0 Å². The number of furan rings is 1. The van der Waals surface area contributed by atoms with Gasteiger partial charge in [-0.2, -0.15) is 4.31 Å². The molecule has 1 saturated heterocycles. The van der Waals surface area contributed by atoms with E-state index >= 15 is 0 Å². The minimum absolute atomic E-state index is 0.125. The number of carbonyl (C=O) groups excluding carboxylic acids is 2. The average molecular weight is 496 g/mol. The average Bonchev–Trinajstić information content (AvgIpc) is 3.41. The van der Waals surface area contributed by atoms with E-state index in [1.807, 2.05) is 43.3 Å². The van der Waals surface area contributed by atoms with Gasteiger partial charge < -0.3 is 14.6 Å². The summed E-state index contributed by atoms with van der Waals surface area (Å²) in [6.45, 7) is 4.49. The first-order valence-electron chi connectivity index (χ1n) is 11.5. The zero-order chi connectivity index (χ0) is 25.0. The molecule has 4 rings (SSSR count). The number of hydrogen-bond acceptors (Lipinski definition) is 5. The van der Waals surface area contributed by atoms with Gasteiger partial charge in [0.1, 0.15) is 6.04 Å². The fourth-order valence-electron chi connectivity index (χ4n) is 4.18. The first-order valence-corrected chi connectivity index (χ1v) is 12.9. The van der Waals surface area contributed by atoms with Crippen molar-refractivity contribution in [1.29, 1.82) is 0 Å². The van der Waals surface area contributed by atoms with E-state index in [2.05, 4.69) is 5.32 Å². The second kappa shape index (κ2) is 10.5. The lowest BCUT2D eigenvalue weighted by Crippen LogP contribution is -2.56. The third-order valence-electron chi connectivity index (χ3n) is 6.14. The fraction of sp³-hybridized carbons (Fsp3) is 0.308. The van der Waals surface area contributed by atoms with Gasteiger partial charge in [-0.3, -0.25) is 9.59 Å². The van der Waals surface area contributed by atoms with E-state index in [1.54, 1.807) is 30.0 Å². The molecule has 1 atom stereocenters. The number of hydrogen-bond donors (Lipinski definition) is 1. The molecule has 0 saturated carbocycles. The van der Waals surface area contributed by atoms with Crippen molar-refractivity contribution in [2.24, 2.45) is 0 Å². The number of benzene rings is 2. The lowest BCUT2D eigenvalue weighted by molar-refractivity contribution is -0.134. The Morgan fingerprint density at radius 2 is 1.69 bits per heavy atom. The van der Waals surface area contributed by atoms with E-state index in [-0.39, 0.29) is 37.8 Å². The summed E-state index contributed by atoms with van der Waals surface area (Å²) in [4.78, 5) is 28.0. The number of amides is 2. The van der Waals surface area contributed by atoms with Crippen LogP contribution in [0.5, 0.6) is 0 Å². The Labute approximate surface area is 205 Å². The molecule has 1 aromatic heterocycles. The van der Waals surface area contributed by atoms with Crippen LogP contribution in [0.3, 0.4) is 0 Å². The van der Waals surface area contributed by atoms with Gasteiger partial charge >= 0.3 is 0 Å². The highest BCUT2D eigenvalue weighted by molar-refractivity contribution is 7.89. The smallest absolute Gasteiger partial charge is 0.287 e. The lowest BCUT2D eigenvalue weighted by atomic mass is 10.0. The lowest BCUT2D eigenvalue weighted by Gasteiger charge is -2.36. The van der Waals surface area contributed by atoms with Crippen LogP contribution < -0.4 is 5.32 Å². The predicted octanol–water partition coefficient (Wildman–Crippen LogP) is 2.77. The molecule has 1 aliphatic heterocycles. The third-order valence-corrected chi connectivity index (χ3v) is 8.18. The standard InChI is InChI=1S/C26H29N3O5S/c1-19-10-11-20(2)24(17-19)35(32,33)29-14-12-28(13-15-29)26(31)22(18-21-7-4-3-5-8-21)27-25(30)23-9-6-16-34-23/h3-11,16-17,22H,12-15,18H2,1-2H3,(H,27,30)/t22-/m0/s1. The highest BCUT2D eigenvalue weighted by Gasteiger charge is 2.34. The Bertz CT molecular complexity index is 1280. The van der Waals surface area contributed by atoms with Crippen LogP contribution in [0.1, 0.15) is 27.2 Å². The maximum atomic E-state index is 13.4. The van der Waals surface area contributed by atoms with Gasteiger partial charge in [0.05, 0.1) is 11.2 Å². The monoisotopic (exact) mass is 495 g/mol. The highest BCUT2D eigenvalue weighted by Crippen LogP contribution is 2.23. The van der Waals surface area contributed by atoms with Gasteiger partial charge in [-0.25, -0.2) is 8.42 Å². The van der Waals surface area contributed by atoms with E-state index in [1.165, 1.54) is 16.6 Å². The molecule has 1 fully saturated rings. The van der Waals surface area contributed by atoms with E-state index < -0.39 is 22.0 Å². The van der Waals surface area contributed by atoms with Crippen LogP contribution >= 0.6 is 0 Å². The maximum Gasteiger partial charge on any atom is 0.287 e. The quantitative estimate of drug-likeness (QED) is 0.543. The van der Waals surface area contributed by atoms with Crippen LogP contribution in [-0.2, 0) is 21.2 Å². The summed E-state index contributed by atoms with van der Waals surface area (Å²) in [5.41, 5.74) is 2.47. The van der Waals surface area contributed by atoms with Crippen molar-refractivity contribution in [2.45, 2.75) is 31.2 Å². The van der Waals surface area contributed by atoms with Crippen molar-refractivity contribution in [3.8, 4) is 0 Å². The molecular weight excluding hydrogens is 466 g/mol. The van der Waals surface area contributed by atoms with E-state index in [0.717, 1.165) is 11.1 Å². The first-order chi connectivity index (χ1) is 16.8. The van der Waals surface area contributed by atoms with E-state index in [9.17, 15) is 18.0 Å². The molecule has 2 aromatic carbocycles. The highest BCUT2D eigenvalue weighted by atomic mass is 32.2. The largest absolute Gasteiger partial charge is 0.459 e. The summed E-state index contributed by atoms with van der Waals surface area (Å²) in [5, 5.41) is 2.79. The molecule has 0 radical (unpaired) electrons. The number of sulfonamides is 1.